The smallest absolute Gasteiger partial charge is 0.267 e. The van der Waals surface area contributed by atoms with Crippen LogP contribution < -0.4 is 5.43 Å². The van der Waals surface area contributed by atoms with Crippen molar-refractivity contribution < 1.29 is 4.79 Å². The largest absolute Gasteiger partial charge is 0.272 e. The third kappa shape index (κ3) is 3.89. The van der Waals surface area contributed by atoms with Gasteiger partial charge in [0.1, 0.15) is 0 Å². The first-order valence-electron chi connectivity index (χ1n) is 8.60. The number of hydrogen-bond acceptors (Lipinski definition) is 4. The number of halogens is 1. The van der Waals surface area contributed by atoms with E-state index < -0.39 is 0 Å². The first-order chi connectivity index (χ1) is 13.7. The molecule has 0 aliphatic rings. The van der Waals surface area contributed by atoms with E-state index >= 15 is 0 Å². The predicted octanol–water partition coefficient (Wildman–Crippen LogP) is 4.71. The molecule has 2 aromatic carbocycles. The summed E-state index contributed by atoms with van der Waals surface area (Å²) < 4.78 is 0. The van der Waals surface area contributed by atoms with Crippen LogP contribution in [0.1, 0.15) is 15.9 Å². The van der Waals surface area contributed by atoms with Gasteiger partial charge in [-0.2, -0.15) is 5.10 Å². The van der Waals surface area contributed by atoms with Gasteiger partial charge in [0.15, 0.2) is 0 Å². The molecule has 0 aliphatic carbocycles. The Balaban J connectivity index is 1.70. The normalized spacial score (nSPS) is 11.0. The summed E-state index contributed by atoms with van der Waals surface area (Å²) in [7, 11) is 0. The summed E-state index contributed by atoms with van der Waals surface area (Å²) in [6.07, 6.45) is 4.89. The maximum Gasteiger partial charge on any atom is 0.272 e. The number of nitrogens with one attached hydrogen (secondary N) is 1. The monoisotopic (exact) mass is 386 g/mol. The van der Waals surface area contributed by atoms with Crippen LogP contribution in [-0.2, 0) is 0 Å². The van der Waals surface area contributed by atoms with Crippen LogP contribution in [-0.4, -0.2) is 22.1 Å². The molecule has 0 atom stereocenters. The van der Waals surface area contributed by atoms with Gasteiger partial charge in [0, 0.05) is 33.9 Å². The second kappa shape index (κ2) is 7.98. The molecule has 0 saturated carbocycles. The molecule has 2 heterocycles. The fourth-order valence-corrected chi connectivity index (χ4v) is 3.03. The van der Waals surface area contributed by atoms with Crippen LogP contribution in [0.25, 0.3) is 22.2 Å². The fraction of sp³-hybridized carbons (Fsp3) is 0. The molecule has 0 aliphatic heterocycles. The van der Waals surface area contributed by atoms with Crippen LogP contribution in [0.4, 0.5) is 0 Å². The highest BCUT2D eigenvalue weighted by molar-refractivity contribution is 6.30. The Kier molecular flexibility index (Phi) is 5.08. The number of pyridine rings is 2. The quantitative estimate of drug-likeness (QED) is 0.408. The maximum absolute atomic E-state index is 12.8. The average molecular weight is 387 g/mol. The van der Waals surface area contributed by atoms with Gasteiger partial charge in [0.25, 0.3) is 5.91 Å². The first kappa shape index (κ1) is 17.8. The van der Waals surface area contributed by atoms with Crippen molar-refractivity contribution in [2.45, 2.75) is 0 Å². The minimum Gasteiger partial charge on any atom is -0.267 e. The molecule has 0 saturated heterocycles. The van der Waals surface area contributed by atoms with E-state index in [1.807, 2.05) is 48.5 Å². The van der Waals surface area contributed by atoms with E-state index in [2.05, 4.69) is 20.5 Å². The van der Waals surface area contributed by atoms with Crippen LogP contribution in [0.15, 0.2) is 84.2 Å². The van der Waals surface area contributed by atoms with Crippen LogP contribution >= 0.6 is 11.6 Å². The number of fused-ring (bicyclic) bond motifs is 1. The molecule has 0 spiro atoms. The van der Waals surface area contributed by atoms with E-state index in [1.54, 1.807) is 36.8 Å². The lowest BCUT2D eigenvalue weighted by atomic mass is 10.0. The third-order valence-electron chi connectivity index (χ3n) is 4.15. The number of amides is 1. The maximum atomic E-state index is 12.8. The van der Waals surface area contributed by atoms with Crippen LogP contribution in [0.3, 0.4) is 0 Å². The lowest BCUT2D eigenvalue weighted by molar-refractivity contribution is 0.0956. The number of rotatable bonds is 4. The second-order valence-corrected chi connectivity index (χ2v) is 6.50. The van der Waals surface area contributed by atoms with Crippen LogP contribution in [0, 0.1) is 0 Å². The molecular formula is C22H15ClN4O. The molecule has 4 rings (SSSR count). The van der Waals surface area contributed by atoms with Crippen molar-refractivity contribution in [1.29, 1.82) is 0 Å². The zero-order valence-electron chi connectivity index (χ0n) is 14.7. The van der Waals surface area contributed by atoms with Crippen molar-refractivity contribution in [3.63, 3.8) is 0 Å². The number of hydrogen-bond donors (Lipinski definition) is 1. The summed E-state index contributed by atoms with van der Waals surface area (Å²) >= 11 is 6.11. The van der Waals surface area contributed by atoms with E-state index in [-0.39, 0.29) is 5.91 Å². The second-order valence-electron chi connectivity index (χ2n) is 6.07. The molecule has 0 fully saturated rings. The molecule has 136 valence electrons. The Bertz CT molecular complexity index is 1180. The summed E-state index contributed by atoms with van der Waals surface area (Å²) in [6.45, 7) is 0. The van der Waals surface area contributed by atoms with E-state index in [0.29, 0.717) is 16.3 Å². The van der Waals surface area contributed by atoms with E-state index in [0.717, 1.165) is 22.0 Å². The molecule has 0 radical (unpaired) electrons. The standard InChI is InChI=1S/C22H15ClN4O/c23-17-7-3-6-16(11-17)21-12-19(18-8-1-2-9-20(18)26-21)22(28)27-25-14-15-5-4-10-24-13-15/h1-14H,(H,27,28)/b25-14-. The van der Waals surface area contributed by atoms with Crippen molar-refractivity contribution in [2.24, 2.45) is 5.10 Å². The third-order valence-corrected chi connectivity index (χ3v) is 4.38. The number of hydrazone groups is 1. The molecule has 0 bridgehead atoms. The van der Waals surface area contributed by atoms with Gasteiger partial charge >= 0.3 is 0 Å². The lowest BCUT2D eigenvalue weighted by Gasteiger charge is -2.09. The minimum absolute atomic E-state index is 0.318. The molecule has 1 amide bonds. The summed E-state index contributed by atoms with van der Waals surface area (Å²) in [5.74, 6) is -0.318. The van der Waals surface area contributed by atoms with Gasteiger partial charge < -0.3 is 0 Å². The highest BCUT2D eigenvalue weighted by Crippen LogP contribution is 2.26. The van der Waals surface area contributed by atoms with Crippen molar-refractivity contribution in [3.05, 3.63) is 95.3 Å². The zero-order chi connectivity index (χ0) is 19.3. The summed E-state index contributed by atoms with van der Waals surface area (Å²) in [5, 5.41) is 5.40. The molecule has 2 aromatic heterocycles. The van der Waals surface area contributed by atoms with Gasteiger partial charge in [-0.05, 0) is 30.3 Å². The molecule has 6 heteroatoms. The lowest BCUT2D eigenvalue weighted by Crippen LogP contribution is -2.18. The highest BCUT2D eigenvalue weighted by atomic mass is 35.5. The molecule has 0 unspecified atom stereocenters. The van der Waals surface area contributed by atoms with Crippen molar-refractivity contribution in [3.8, 4) is 11.3 Å². The molecule has 28 heavy (non-hydrogen) atoms. The highest BCUT2D eigenvalue weighted by Gasteiger charge is 2.13. The molecule has 4 aromatic rings. The van der Waals surface area contributed by atoms with E-state index in [4.69, 9.17) is 11.6 Å². The van der Waals surface area contributed by atoms with E-state index in [9.17, 15) is 4.79 Å². The van der Waals surface area contributed by atoms with Gasteiger partial charge in [0.2, 0.25) is 0 Å². The molecule has 5 nitrogen and oxygen atoms in total. The molecular weight excluding hydrogens is 372 g/mol. The summed E-state index contributed by atoms with van der Waals surface area (Å²) in [4.78, 5) is 21.5. The SMILES string of the molecule is O=C(N/N=C\c1cccnc1)c1cc(-c2cccc(Cl)c2)nc2ccccc12. The Labute approximate surface area is 166 Å². The van der Waals surface area contributed by atoms with Gasteiger partial charge in [-0.25, -0.2) is 10.4 Å². The molecule has 1 N–H and O–H groups in total. The number of benzene rings is 2. The summed E-state index contributed by atoms with van der Waals surface area (Å²) in [6, 6.07) is 20.3. The first-order valence-corrected chi connectivity index (χ1v) is 8.98. The topological polar surface area (TPSA) is 67.2 Å². The summed E-state index contributed by atoms with van der Waals surface area (Å²) in [5.41, 5.74) is 6.09. The number of para-hydroxylation sites is 1. The Morgan fingerprint density at radius 1 is 1.04 bits per heavy atom. The van der Waals surface area contributed by atoms with Gasteiger partial charge in [0.05, 0.1) is 23.0 Å². The van der Waals surface area contributed by atoms with Gasteiger partial charge in [-0.3, -0.25) is 9.78 Å². The Hall–Kier alpha value is -3.57. The Morgan fingerprint density at radius 3 is 2.75 bits per heavy atom. The van der Waals surface area contributed by atoms with Gasteiger partial charge in [-0.1, -0.05) is 48.0 Å². The predicted molar refractivity (Wildman–Crippen MR) is 111 cm³/mol. The number of nitrogens with zero attached hydrogens (tertiary/aromatic N) is 3. The van der Waals surface area contributed by atoms with Crippen LogP contribution in [0.5, 0.6) is 0 Å². The Morgan fingerprint density at radius 2 is 1.93 bits per heavy atom. The van der Waals surface area contributed by atoms with Crippen molar-refractivity contribution in [2.75, 3.05) is 0 Å². The van der Waals surface area contributed by atoms with Crippen molar-refractivity contribution >= 4 is 34.6 Å². The van der Waals surface area contributed by atoms with Crippen LogP contribution in [0.2, 0.25) is 5.02 Å². The number of aromatic nitrogens is 2. The fourth-order valence-electron chi connectivity index (χ4n) is 2.84. The van der Waals surface area contributed by atoms with E-state index in [1.165, 1.54) is 0 Å². The zero-order valence-corrected chi connectivity index (χ0v) is 15.5. The van der Waals surface area contributed by atoms with Crippen molar-refractivity contribution in [1.82, 2.24) is 15.4 Å². The van der Waals surface area contributed by atoms with Gasteiger partial charge in [-0.15, -0.1) is 0 Å². The number of carbonyl (C=O) groups is 1. The number of carbonyl (C=O) groups excluding carboxylic acids is 1. The minimum atomic E-state index is -0.318. The average Bonchev–Trinajstić information content (AvgIpc) is 2.73.